The number of carbonyl (C=O) groups is 2. The van der Waals surface area contributed by atoms with Crippen LogP contribution >= 0.6 is 0 Å². The first-order chi connectivity index (χ1) is 6.21. The highest BCUT2D eigenvalue weighted by molar-refractivity contribution is 5.98. The topological polar surface area (TPSA) is 52.6 Å². The molecule has 0 radical (unpaired) electrons. The Kier molecular flexibility index (Phi) is 1.22. The molecular formula is C9H10O4. The number of hydrogen-bond acceptors (Lipinski definition) is 4. The summed E-state index contributed by atoms with van der Waals surface area (Å²) in [7, 11) is 0. The number of carbonyl (C=O) groups excluding carboxylic acids is 2. The highest BCUT2D eigenvalue weighted by atomic mass is 16.6. The predicted octanol–water partition coefficient (Wildman–Crippen LogP) is 0.398. The average molecular weight is 182 g/mol. The van der Waals surface area contributed by atoms with Crippen LogP contribution < -0.4 is 0 Å². The number of fused-ring (bicyclic) bond motifs is 3. The van der Waals surface area contributed by atoms with Gasteiger partial charge in [-0.2, -0.15) is 0 Å². The molecule has 3 aliphatic heterocycles. The fraction of sp³-hybridized carbons (Fsp3) is 0.778. The largest absolute Gasteiger partial charge is 0.393 e. The molecule has 3 rings (SSSR count). The van der Waals surface area contributed by atoms with E-state index in [0.29, 0.717) is 6.42 Å². The van der Waals surface area contributed by atoms with E-state index in [-0.39, 0.29) is 30.6 Å². The molecule has 0 amide bonds. The zero-order chi connectivity index (χ0) is 9.05. The Labute approximate surface area is 75.2 Å². The second-order valence-electron chi connectivity index (χ2n) is 4.12. The number of rotatable bonds is 0. The molecule has 0 unspecified atom stereocenters. The molecule has 3 atom stereocenters. The number of cyclic esters (lactones) is 2. The van der Waals surface area contributed by atoms with Crippen LogP contribution in [-0.2, 0) is 19.1 Å². The van der Waals surface area contributed by atoms with Crippen LogP contribution in [0.5, 0.6) is 0 Å². The zero-order valence-electron chi connectivity index (χ0n) is 7.12. The van der Waals surface area contributed by atoms with E-state index in [1.165, 1.54) is 0 Å². The third-order valence-electron chi connectivity index (χ3n) is 3.39. The van der Waals surface area contributed by atoms with Crippen LogP contribution in [0.15, 0.2) is 0 Å². The standard InChI is InChI=1S/C9H10O4/c10-7-4-9(8(11)13-7)3-5-1-2-6(9)12-5/h5-6H,1-4H2/t5-,6+,9-/m0/s1. The first kappa shape index (κ1) is 7.50. The Morgan fingerprint density at radius 2 is 2.15 bits per heavy atom. The van der Waals surface area contributed by atoms with Gasteiger partial charge in [0.15, 0.2) is 0 Å². The second-order valence-corrected chi connectivity index (χ2v) is 4.12. The molecule has 0 aromatic rings. The number of esters is 2. The lowest BCUT2D eigenvalue weighted by Crippen LogP contribution is -2.36. The number of ether oxygens (including phenoxy) is 2. The molecule has 70 valence electrons. The Bertz CT molecular complexity index is 298. The summed E-state index contributed by atoms with van der Waals surface area (Å²) in [5, 5.41) is 0. The lowest BCUT2D eigenvalue weighted by atomic mass is 9.73. The van der Waals surface area contributed by atoms with Crippen molar-refractivity contribution in [1.29, 1.82) is 0 Å². The van der Waals surface area contributed by atoms with Gasteiger partial charge in [0.1, 0.15) is 5.41 Å². The van der Waals surface area contributed by atoms with Crippen molar-refractivity contribution >= 4 is 11.9 Å². The highest BCUT2D eigenvalue weighted by Gasteiger charge is 2.62. The predicted molar refractivity (Wildman–Crippen MR) is 40.7 cm³/mol. The summed E-state index contributed by atoms with van der Waals surface area (Å²) in [4.78, 5) is 22.5. The fourth-order valence-corrected chi connectivity index (χ4v) is 2.77. The van der Waals surface area contributed by atoms with E-state index in [1.807, 2.05) is 0 Å². The molecule has 4 heteroatoms. The van der Waals surface area contributed by atoms with E-state index < -0.39 is 5.41 Å². The molecular weight excluding hydrogens is 172 g/mol. The molecule has 3 heterocycles. The van der Waals surface area contributed by atoms with Crippen LogP contribution in [0.1, 0.15) is 25.7 Å². The monoisotopic (exact) mass is 182 g/mol. The minimum atomic E-state index is -0.597. The van der Waals surface area contributed by atoms with Gasteiger partial charge < -0.3 is 9.47 Å². The summed E-state index contributed by atoms with van der Waals surface area (Å²) < 4.78 is 10.2. The summed E-state index contributed by atoms with van der Waals surface area (Å²) in [6.07, 6.45) is 2.95. The second kappa shape index (κ2) is 2.12. The van der Waals surface area contributed by atoms with Crippen LogP contribution in [0.25, 0.3) is 0 Å². The third kappa shape index (κ3) is 0.790. The van der Waals surface area contributed by atoms with Crippen molar-refractivity contribution in [2.45, 2.75) is 37.9 Å². The van der Waals surface area contributed by atoms with Crippen molar-refractivity contribution in [1.82, 2.24) is 0 Å². The molecule has 1 spiro atoms. The van der Waals surface area contributed by atoms with E-state index in [0.717, 1.165) is 12.8 Å². The quantitative estimate of drug-likeness (QED) is 0.402. The van der Waals surface area contributed by atoms with Gasteiger partial charge in [0.2, 0.25) is 0 Å². The zero-order valence-corrected chi connectivity index (χ0v) is 7.12. The summed E-state index contributed by atoms with van der Waals surface area (Å²) >= 11 is 0. The van der Waals surface area contributed by atoms with Crippen molar-refractivity contribution in [2.24, 2.45) is 5.41 Å². The SMILES string of the molecule is O=C1C[C@]2(C[C@@H]3CC[C@H]2O3)C(=O)O1. The van der Waals surface area contributed by atoms with Crippen molar-refractivity contribution < 1.29 is 19.1 Å². The van der Waals surface area contributed by atoms with Crippen LogP contribution in [0.4, 0.5) is 0 Å². The highest BCUT2D eigenvalue weighted by Crippen LogP contribution is 2.52. The van der Waals surface area contributed by atoms with Crippen LogP contribution in [0.3, 0.4) is 0 Å². The normalized spacial score (nSPS) is 47.7. The molecule has 2 bridgehead atoms. The molecule has 13 heavy (non-hydrogen) atoms. The molecule has 0 aromatic carbocycles. The van der Waals surface area contributed by atoms with Gasteiger partial charge in [-0.15, -0.1) is 0 Å². The van der Waals surface area contributed by atoms with Crippen LogP contribution in [-0.4, -0.2) is 24.1 Å². The Morgan fingerprint density at radius 3 is 2.62 bits per heavy atom. The number of hydrogen-bond donors (Lipinski definition) is 0. The lowest BCUT2D eigenvalue weighted by Gasteiger charge is -2.24. The van der Waals surface area contributed by atoms with E-state index >= 15 is 0 Å². The van der Waals surface area contributed by atoms with E-state index in [4.69, 9.17) is 4.74 Å². The summed E-state index contributed by atoms with van der Waals surface area (Å²) in [6.45, 7) is 0. The maximum atomic E-state index is 11.5. The summed E-state index contributed by atoms with van der Waals surface area (Å²) in [5.41, 5.74) is -0.597. The van der Waals surface area contributed by atoms with Crippen molar-refractivity contribution in [3.05, 3.63) is 0 Å². The smallest absolute Gasteiger partial charge is 0.323 e. The average Bonchev–Trinajstić information content (AvgIpc) is 2.68. The van der Waals surface area contributed by atoms with Crippen LogP contribution in [0.2, 0.25) is 0 Å². The Morgan fingerprint density at radius 1 is 1.31 bits per heavy atom. The van der Waals surface area contributed by atoms with Crippen molar-refractivity contribution in [2.75, 3.05) is 0 Å². The van der Waals surface area contributed by atoms with Gasteiger partial charge in [-0.25, -0.2) is 0 Å². The van der Waals surface area contributed by atoms with Gasteiger partial charge in [-0.3, -0.25) is 9.59 Å². The minimum absolute atomic E-state index is 0.0588. The first-order valence-corrected chi connectivity index (χ1v) is 4.61. The third-order valence-corrected chi connectivity index (χ3v) is 3.39. The molecule has 0 saturated carbocycles. The van der Waals surface area contributed by atoms with Crippen molar-refractivity contribution in [3.8, 4) is 0 Å². The maximum Gasteiger partial charge on any atom is 0.323 e. The molecule has 4 nitrogen and oxygen atoms in total. The molecule has 3 aliphatic rings. The maximum absolute atomic E-state index is 11.5. The van der Waals surface area contributed by atoms with Gasteiger partial charge in [-0.05, 0) is 19.3 Å². The van der Waals surface area contributed by atoms with E-state index in [1.54, 1.807) is 0 Å². The summed E-state index contributed by atoms with van der Waals surface area (Å²) in [6, 6.07) is 0. The van der Waals surface area contributed by atoms with Crippen LogP contribution in [0, 0.1) is 5.41 Å². The van der Waals surface area contributed by atoms with E-state index in [2.05, 4.69) is 4.74 Å². The van der Waals surface area contributed by atoms with Gasteiger partial charge >= 0.3 is 11.9 Å². The molecule has 0 aliphatic carbocycles. The molecule has 3 fully saturated rings. The Balaban J connectivity index is 1.98. The van der Waals surface area contributed by atoms with Gasteiger partial charge in [0.25, 0.3) is 0 Å². The molecule has 3 saturated heterocycles. The molecule has 0 N–H and O–H groups in total. The van der Waals surface area contributed by atoms with E-state index in [9.17, 15) is 9.59 Å². The molecule has 0 aromatic heterocycles. The van der Waals surface area contributed by atoms with Gasteiger partial charge in [0, 0.05) is 0 Å². The van der Waals surface area contributed by atoms with Crippen molar-refractivity contribution in [3.63, 3.8) is 0 Å². The lowest BCUT2D eigenvalue weighted by molar-refractivity contribution is -0.156. The summed E-state index contributed by atoms with van der Waals surface area (Å²) in [5.74, 6) is -0.745. The fourth-order valence-electron chi connectivity index (χ4n) is 2.77. The van der Waals surface area contributed by atoms with Gasteiger partial charge in [-0.1, -0.05) is 0 Å². The minimum Gasteiger partial charge on any atom is -0.393 e. The Hall–Kier alpha value is -0.900. The van der Waals surface area contributed by atoms with Gasteiger partial charge in [0.05, 0.1) is 18.6 Å². The first-order valence-electron chi connectivity index (χ1n) is 4.61.